The van der Waals surface area contributed by atoms with Crippen molar-refractivity contribution in [2.45, 2.75) is 26.4 Å². The smallest absolute Gasteiger partial charge is 0.243 e. The van der Waals surface area contributed by atoms with E-state index in [2.05, 4.69) is 28.2 Å². The first kappa shape index (κ1) is 14.5. The van der Waals surface area contributed by atoms with Crippen molar-refractivity contribution in [3.8, 4) is 0 Å². The lowest BCUT2D eigenvalue weighted by atomic mass is 10.2. The van der Waals surface area contributed by atoms with E-state index < -0.39 is 6.04 Å². The van der Waals surface area contributed by atoms with Crippen LogP contribution in [-0.4, -0.2) is 28.6 Å². The van der Waals surface area contributed by atoms with Gasteiger partial charge in [-0.1, -0.05) is 6.07 Å². The number of aromatic nitrogens is 1. The number of thiol groups is 1. The first-order valence-corrected chi connectivity index (χ1v) is 6.24. The van der Waals surface area contributed by atoms with E-state index in [0.29, 0.717) is 6.54 Å². The molecule has 0 aliphatic rings. The van der Waals surface area contributed by atoms with Crippen LogP contribution in [0, 0.1) is 6.92 Å². The Kier molecular flexibility index (Phi) is 5.64. The molecule has 98 valence electrons. The molecular weight excluding hydrogens is 250 g/mol. The molecule has 0 aromatic carbocycles. The first-order valence-electron chi connectivity index (χ1n) is 5.60. The molecule has 0 saturated heterocycles. The summed E-state index contributed by atoms with van der Waals surface area (Å²) in [5.74, 6) is -0.254. The predicted octanol–water partition coefficient (Wildman–Crippen LogP) is 0.441. The molecule has 1 atom stereocenters. The standard InChI is InChI=1S/C12H17N3O2S/c1-8-4-3-5-13-10(8)6-14-12(17)11(7-18)15-9(2)16/h3-5,11,18H,6-7H2,1-2H3,(H,14,17)(H,15,16). The second-order valence-electron chi connectivity index (χ2n) is 3.92. The van der Waals surface area contributed by atoms with E-state index in [1.54, 1.807) is 6.20 Å². The number of pyridine rings is 1. The summed E-state index contributed by atoms with van der Waals surface area (Å²) in [6.07, 6.45) is 1.68. The molecule has 1 aromatic heterocycles. The van der Waals surface area contributed by atoms with Crippen molar-refractivity contribution in [3.63, 3.8) is 0 Å². The van der Waals surface area contributed by atoms with Crippen LogP contribution in [0.25, 0.3) is 0 Å². The lowest BCUT2D eigenvalue weighted by Gasteiger charge is -2.15. The number of nitrogens with zero attached hydrogens (tertiary/aromatic N) is 1. The molecule has 0 bridgehead atoms. The van der Waals surface area contributed by atoms with E-state index in [9.17, 15) is 9.59 Å². The van der Waals surface area contributed by atoms with Gasteiger partial charge in [0.15, 0.2) is 0 Å². The van der Waals surface area contributed by atoms with E-state index in [1.807, 2.05) is 19.1 Å². The van der Waals surface area contributed by atoms with E-state index in [0.717, 1.165) is 11.3 Å². The molecule has 0 fully saturated rings. The van der Waals surface area contributed by atoms with Gasteiger partial charge in [0.25, 0.3) is 0 Å². The van der Waals surface area contributed by atoms with Crippen LogP contribution < -0.4 is 10.6 Å². The Morgan fingerprint density at radius 1 is 1.50 bits per heavy atom. The third kappa shape index (κ3) is 4.37. The quantitative estimate of drug-likeness (QED) is 0.678. The zero-order chi connectivity index (χ0) is 13.5. The second-order valence-corrected chi connectivity index (χ2v) is 4.29. The van der Waals surface area contributed by atoms with Crippen LogP contribution in [0.4, 0.5) is 0 Å². The fourth-order valence-corrected chi connectivity index (χ4v) is 1.69. The molecular formula is C12H17N3O2S. The van der Waals surface area contributed by atoms with Gasteiger partial charge in [0.2, 0.25) is 11.8 Å². The molecule has 1 unspecified atom stereocenters. The van der Waals surface area contributed by atoms with Gasteiger partial charge in [0.1, 0.15) is 6.04 Å². The van der Waals surface area contributed by atoms with Crippen LogP contribution >= 0.6 is 12.6 Å². The molecule has 1 rings (SSSR count). The molecule has 5 nitrogen and oxygen atoms in total. The molecule has 0 spiro atoms. The Morgan fingerprint density at radius 3 is 2.78 bits per heavy atom. The number of amides is 2. The van der Waals surface area contributed by atoms with Crippen LogP contribution in [0.5, 0.6) is 0 Å². The third-order valence-electron chi connectivity index (χ3n) is 2.42. The molecule has 0 aliphatic heterocycles. The summed E-state index contributed by atoms with van der Waals surface area (Å²) in [4.78, 5) is 26.9. The molecule has 0 aliphatic carbocycles. The third-order valence-corrected chi connectivity index (χ3v) is 2.79. The van der Waals surface area contributed by atoms with Crippen LogP contribution in [0.15, 0.2) is 18.3 Å². The summed E-state index contributed by atoms with van der Waals surface area (Å²) in [7, 11) is 0. The Balaban J connectivity index is 2.54. The minimum Gasteiger partial charge on any atom is -0.349 e. The Morgan fingerprint density at radius 2 is 2.22 bits per heavy atom. The number of carbonyl (C=O) groups excluding carboxylic acids is 2. The molecule has 0 saturated carbocycles. The fourth-order valence-electron chi connectivity index (χ4n) is 1.44. The molecule has 2 amide bonds. The van der Waals surface area contributed by atoms with Crippen molar-refractivity contribution in [2.24, 2.45) is 0 Å². The SMILES string of the molecule is CC(=O)NC(CS)C(=O)NCc1ncccc1C. The Hall–Kier alpha value is -1.56. The van der Waals surface area contributed by atoms with Gasteiger partial charge in [-0.3, -0.25) is 14.6 Å². The number of hydrogen-bond acceptors (Lipinski definition) is 4. The average molecular weight is 267 g/mol. The van der Waals surface area contributed by atoms with E-state index in [1.165, 1.54) is 6.92 Å². The Labute approximate surface area is 112 Å². The van der Waals surface area contributed by atoms with E-state index in [-0.39, 0.29) is 17.6 Å². The summed E-state index contributed by atoms with van der Waals surface area (Å²) in [5, 5.41) is 5.26. The van der Waals surface area contributed by atoms with Gasteiger partial charge in [0, 0.05) is 18.9 Å². The van der Waals surface area contributed by atoms with Gasteiger partial charge >= 0.3 is 0 Å². The molecule has 1 heterocycles. The number of nitrogens with one attached hydrogen (secondary N) is 2. The highest BCUT2D eigenvalue weighted by Gasteiger charge is 2.17. The van der Waals surface area contributed by atoms with Crippen molar-refractivity contribution < 1.29 is 9.59 Å². The van der Waals surface area contributed by atoms with E-state index >= 15 is 0 Å². The summed E-state index contributed by atoms with van der Waals surface area (Å²) < 4.78 is 0. The summed E-state index contributed by atoms with van der Waals surface area (Å²) in [5.41, 5.74) is 1.83. The minimum absolute atomic E-state index is 0.252. The zero-order valence-electron chi connectivity index (χ0n) is 10.4. The van der Waals surface area contributed by atoms with Crippen LogP contribution in [0.2, 0.25) is 0 Å². The highest BCUT2D eigenvalue weighted by Crippen LogP contribution is 2.02. The predicted molar refractivity (Wildman–Crippen MR) is 72.3 cm³/mol. The van der Waals surface area contributed by atoms with Gasteiger partial charge in [-0.05, 0) is 18.6 Å². The monoisotopic (exact) mass is 267 g/mol. The Bertz CT molecular complexity index is 437. The maximum Gasteiger partial charge on any atom is 0.243 e. The number of aryl methyl sites for hydroxylation is 1. The molecule has 18 heavy (non-hydrogen) atoms. The number of rotatable bonds is 5. The zero-order valence-corrected chi connectivity index (χ0v) is 11.3. The highest BCUT2D eigenvalue weighted by molar-refractivity contribution is 7.80. The second kappa shape index (κ2) is 7.00. The van der Waals surface area contributed by atoms with Gasteiger partial charge in [0.05, 0.1) is 12.2 Å². The molecule has 6 heteroatoms. The van der Waals surface area contributed by atoms with Crippen LogP contribution in [-0.2, 0) is 16.1 Å². The van der Waals surface area contributed by atoms with Gasteiger partial charge in [-0.15, -0.1) is 0 Å². The average Bonchev–Trinajstić information content (AvgIpc) is 2.34. The van der Waals surface area contributed by atoms with Crippen molar-refractivity contribution >= 4 is 24.4 Å². The minimum atomic E-state index is -0.616. The molecule has 0 radical (unpaired) electrons. The summed E-state index contributed by atoms with van der Waals surface area (Å²) in [6.45, 7) is 3.64. The van der Waals surface area contributed by atoms with Crippen molar-refractivity contribution in [2.75, 3.05) is 5.75 Å². The van der Waals surface area contributed by atoms with Gasteiger partial charge in [-0.2, -0.15) is 12.6 Å². The lowest BCUT2D eigenvalue weighted by Crippen LogP contribution is -2.47. The first-order chi connectivity index (χ1) is 8.54. The highest BCUT2D eigenvalue weighted by atomic mass is 32.1. The number of carbonyl (C=O) groups is 2. The topological polar surface area (TPSA) is 71.1 Å². The lowest BCUT2D eigenvalue weighted by molar-refractivity contribution is -0.127. The van der Waals surface area contributed by atoms with Crippen LogP contribution in [0.1, 0.15) is 18.2 Å². The van der Waals surface area contributed by atoms with Crippen LogP contribution in [0.3, 0.4) is 0 Å². The molecule has 1 aromatic rings. The molecule has 2 N–H and O–H groups in total. The van der Waals surface area contributed by atoms with E-state index in [4.69, 9.17) is 0 Å². The van der Waals surface area contributed by atoms with Gasteiger partial charge in [-0.25, -0.2) is 0 Å². The normalized spacial score (nSPS) is 11.7. The van der Waals surface area contributed by atoms with Crippen molar-refractivity contribution in [3.05, 3.63) is 29.6 Å². The maximum atomic E-state index is 11.8. The largest absolute Gasteiger partial charge is 0.349 e. The fraction of sp³-hybridized carbons (Fsp3) is 0.417. The summed E-state index contributed by atoms with van der Waals surface area (Å²) >= 11 is 4.04. The van der Waals surface area contributed by atoms with Crippen molar-refractivity contribution in [1.29, 1.82) is 0 Å². The number of hydrogen-bond donors (Lipinski definition) is 3. The van der Waals surface area contributed by atoms with Crippen molar-refractivity contribution in [1.82, 2.24) is 15.6 Å². The van der Waals surface area contributed by atoms with Gasteiger partial charge < -0.3 is 10.6 Å². The summed E-state index contributed by atoms with van der Waals surface area (Å²) in [6, 6.07) is 3.15. The maximum absolute atomic E-state index is 11.8.